The van der Waals surface area contributed by atoms with Gasteiger partial charge in [0.2, 0.25) is 0 Å². The maximum Gasteiger partial charge on any atom is -0.0683 e. The molecule has 0 amide bonds. The molecule has 0 saturated heterocycles. The SMILES string of the molecule is C=C.CC.N. The van der Waals surface area contributed by atoms with Gasteiger partial charge >= 0.3 is 0 Å². The molecular weight excluding hydrogens is 62.1 g/mol. The average Bonchev–Trinajstić information content (AvgIpc) is 1.50. The van der Waals surface area contributed by atoms with Crippen molar-refractivity contribution < 1.29 is 0 Å². The standard InChI is InChI=1S/C2H6.C2H4.H3N/c2*1-2;/h1-2H3;1-2H2;1H3. The molecule has 0 heterocycles. The van der Waals surface area contributed by atoms with E-state index < -0.39 is 0 Å². The van der Waals surface area contributed by atoms with Crippen molar-refractivity contribution in [3.63, 3.8) is 0 Å². The lowest BCUT2D eigenvalue weighted by Crippen LogP contribution is -0.856. The van der Waals surface area contributed by atoms with Gasteiger partial charge in [-0.3, -0.25) is 0 Å². The van der Waals surface area contributed by atoms with Gasteiger partial charge in [-0.05, 0) is 0 Å². The molecule has 0 aromatic carbocycles. The van der Waals surface area contributed by atoms with Crippen LogP contribution in [0.15, 0.2) is 13.2 Å². The van der Waals surface area contributed by atoms with E-state index in [2.05, 4.69) is 13.2 Å². The molecule has 1 nitrogen and oxygen atoms in total. The summed E-state index contributed by atoms with van der Waals surface area (Å²) in [7, 11) is 0. The third kappa shape index (κ3) is 119. The zero-order valence-electron chi connectivity index (χ0n) is 4.12. The highest BCUT2D eigenvalue weighted by Gasteiger charge is 0.932. The van der Waals surface area contributed by atoms with Gasteiger partial charge in [-0.2, -0.15) is 0 Å². The van der Waals surface area contributed by atoms with Crippen molar-refractivity contribution in [3.8, 4) is 0 Å². The van der Waals surface area contributed by atoms with Gasteiger partial charge in [0, 0.05) is 0 Å². The van der Waals surface area contributed by atoms with Crippen molar-refractivity contribution in [3.05, 3.63) is 13.2 Å². The van der Waals surface area contributed by atoms with Crippen LogP contribution in [0.25, 0.3) is 0 Å². The molecule has 0 aliphatic carbocycles. The smallest absolute Gasteiger partial charge is 0.0683 e. The van der Waals surface area contributed by atoms with E-state index in [0.717, 1.165) is 0 Å². The first-order chi connectivity index (χ1) is 2.00. The van der Waals surface area contributed by atoms with Gasteiger partial charge in [-0.15, -0.1) is 13.2 Å². The Bertz CT molecular complexity index is 3.61. The van der Waals surface area contributed by atoms with E-state index >= 15 is 0 Å². The summed E-state index contributed by atoms with van der Waals surface area (Å²) in [5, 5.41) is 0. The maximum atomic E-state index is 3.00. The van der Waals surface area contributed by atoms with E-state index in [1.807, 2.05) is 13.8 Å². The molecule has 0 aromatic rings. The molecule has 0 saturated carbocycles. The maximum absolute atomic E-state index is 3.00. The predicted molar refractivity (Wildman–Crippen MR) is 27.6 cm³/mol. The number of rotatable bonds is 0. The topological polar surface area (TPSA) is 35.0 Å². The van der Waals surface area contributed by atoms with Crippen molar-refractivity contribution in [2.45, 2.75) is 13.8 Å². The van der Waals surface area contributed by atoms with Crippen molar-refractivity contribution in [2.75, 3.05) is 0 Å². The largest absolute Gasteiger partial charge is 0.344 e. The Morgan fingerprint density at radius 3 is 1.00 bits per heavy atom. The minimum atomic E-state index is 0. The Kier molecular flexibility index (Phi) is 1330. The van der Waals surface area contributed by atoms with Gasteiger partial charge in [0.15, 0.2) is 0 Å². The van der Waals surface area contributed by atoms with Crippen molar-refractivity contribution in [2.24, 2.45) is 0 Å². The van der Waals surface area contributed by atoms with Crippen LogP contribution in [0.3, 0.4) is 0 Å². The molecule has 3 N–H and O–H groups in total. The Morgan fingerprint density at radius 1 is 1.00 bits per heavy atom. The lowest BCUT2D eigenvalue weighted by atomic mass is 11.0. The summed E-state index contributed by atoms with van der Waals surface area (Å²) in [6.07, 6.45) is 0. The van der Waals surface area contributed by atoms with Gasteiger partial charge < -0.3 is 6.15 Å². The molecule has 34 valence electrons. The van der Waals surface area contributed by atoms with Crippen LogP contribution < -0.4 is 6.15 Å². The molecule has 0 aliphatic heterocycles. The minimum absolute atomic E-state index is 0. The van der Waals surface area contributed by atoms with Crippen LogP contribution in [-0.2, 0) is 0 Å². The number of hydrogen-bond donors (Lipinski definition) is 1. The fourth-order valence-electron chi connectivity index (χ4n) is 0. The molecule has 0 unspecified atom stereocenters. The number of hydrogen-bond acceptors (Lipinski definition) is 1. The van der Waals surface area contributed by atoms with Crippen LogP contribution in [0.2, 0.25) is 0 Å². The summed E-state index contributed by atoms with van der Waals surface area (Å²) in [5.41, 5.74) is 0. The molecule has 0 rings (SSSR count). The third-order valence-corrected chi connectivity index (χ3v) is 0. The van der Waals surface area contributed by atoms with E-state index in [4.69, 9.17) is 0 Å². The van der Waals surface area contributed by atoms with E-state index in [9.17, 15) is 0 Å². The zero-order valence-corrected chi connectivity index (χ0v) is 4.12. The second kappa shape index (κ2) is 300. The fourth-order valence-corrected chi connectivity index (χ4v) is 0. The van der Waals surface area contributed by atoms with Crippen LogP contribution in [0.4, 0.5) is 0 Å². The van der Waals surface area contributed by atoms with Crippen LogP contribution in [0, 0.1) is 0 Å². The molecule has 0 spiro atoms. The summed E-state index contributed by atoms with van der Waals surface area (Å²) >= 11 is 0. The summed E-state index contributed by atoms with van der Waals surface area (Å²) in [6, 6.07) is 0. The minimum Gasteiger partial charge on any atom is -0.344 e. The lowest BCUT2D eigenvalue weighted by Gasteiger charge is -1.07. The summed E-state index contributed by atoms with van der Waals surface area (Å²) in [6.45, 7) is 10.0. The van der Waals surface area contributed by atoms with E-state index in [-0.39, 0.29) is 6.15 Å². The van der Waals surface area contributed by atoms with Crippen LogP contribution >= 0.6 is 0 Å². The van der Waals surface area contributed by atoms with Gasteiger partial charge in [-0.1, -0.05) is 13.8 Å². The van der Waals surface area contributed by atoms with Crippen LogP contribution in [0.5, 0.6) is 0 Å². The molecule has 0 aliphatic rings. The Labute approximate surface area is 34.3 Å². The van der Waals surface area contributed by atoms with Gasteiger partial charge in [-0.25, -0.2) is 0 Å². The van der Waals surface area contributed by atoms with E-state index in [1.165, 1.54) is 0 Å². The molecule has 0 aromatic heterocycles. The molecule has 0 radical (unpaired) electrons. The van der Waals surface area contributed by atoms with Gasteiger partial charge in [0.25, 0.3) is 0 Å². The summed E-state index contributed by atoms with van der Waals surface area (Å²) < 4.78 is 0. The second-order valence-corrected chi connectivity index (χ2v) is 0. The van der Waals surface area contributed by atoms with Crippen molar-refractivity contribution in [1.29, 1.82) is 0 Å². The molecule has 0 atom stereocenters. The highest BCUT2D eigenvalue weighted by molar-refractivity contribution is 4.22. The molecule has 0 fully saturated rings. The zero-order chi connectivity index (χ0) is 4.00. The Balaban J connectivity index is -0.0000000133. The van der Waals surface area contributed by atoms with Crippen LogP contribution in [-0.4, -0.2) is 0 Å². The molecule has 0 bridgehead atoms. The monoisotopic (exact) mass is 75.1 g/mol. The predicted octanol–water partition coefficient (Wildman–Crippen LogP) is 1.99. The first-order valence-corrected chi connectivity index (χ1v) is 1.50. The Morgan fingerprint density at radius 2 is 1.00 bits per heavy atom. The molecule has 5 heavy (non-hydrogen) atoms. The first-order valence-electron chi connectivity index (χ1n) is 1.50. The van der Waals surface area contributed by atoms with Gasteiger partial charge in [0.1, 0.15) is 0 Å². The quantitative estimate of drug-likeness (QED) is 0.439. The Hall–Kier alpha value is -0.300. The molecular formula is C4H13N. The molecule has 1 heteroatoms. The normalized spacial score (nSPS) is 2.00. The highest BCUT2D eigenvalue weighted by atomic mass is 14.0. The fraction of sp³-hybridized carbons (Fsp3) is 0.500. The van der Waals surface area contributed by atoms with Crippen molar-refractivity contribution in [1.82, 2.24) is 6.15 Å². The third-order valence-electron chi connectivity index (χ3n) is 0. The van der Waals surface area contributed by atoms with E-state index in [1.54, 1.807) is 0 Å². The van der Waals surface area contributed by atoms with Gasteiger partial charge in [0.05, 0.1) is 0 Å². The highest BCUT2D eigenvalue weighted by Crippen LogP contribution is 1.14. The average molecular weight is 75.2 g/mol. The van der Waals surface area contributed by atoms with E-state index in [0.29, 0.717) is 0 Å². The first kappa shape index (κ1) is 22.3. The summed E-state index contributed by atoms with van der Waals surface area (Å²) in [4.78, 5) is 0. The lowest BCUT2D eigenvalue weighted by molar-refractivity contribution is 1.50. The summed E-state index contributed by atoms with van der Waals surface area (Å²) in [5.74, 6) is 0. The van der Waals surface area contributed by atoms with Crippen molar-refractivity contribution >= 4 is 0 Å². The van der Waals surface area contributed by atoms with Crippen LogP contribution in [0.1, 0.15) is 13.8 Å². The second-order valence-electron chi connectivity index (χ2n) is 0.